The topological polar surface area (TPSA) is 77.8 Å². The molecule has 0 fully saturated rings. The van der Waals surface area contributed by atoms with Crippen LogP contribution in [0.5, 0.6) is 0 Å². The van der Waals surface area contributed by atoms with Gasteiger partial charge < -0.3 is 15.3 Å². The van der Waals surface area contributed by atoms with E-state index in [2.05, 4.69) is 6.92 Å². The van der Waals surface area contributed by atoms with Crippen LogP contribution >= 0.6 is 0 Å². The second-order valence-electron chi connectivity index (χ2n) is 7.81. The zero-order chi connectivity index (χ0) is 19.5. The van der Waals surface area contributed by atoms with Gasteiger partial charge in [0.1, 0.15) is 0 Å². The summed E-state index contributed by atoms with van der Waals surface area (Å²) in [5, 5.41) is 28.6. The maximum Gasteiger partial charge on any atom is 0.303 e. The quantitative estimate of drug-likeness (QED) is 0.235. The molecule has 0 amide bonds. The van der Waals surface area contributed by atoms with E-state index in [1.807, 2.05) is 0 Å². The van der Waals surface area contributed by atoms with Crippen LogP contribution in [0.15, 0.2) is 0 Å². The van der Waals surface area contributed by atoms with Crippen LogP contribution < -0.4 is 0 Å². The molecule has 0 aliphatic heterocycles. The molecule has 0 aliphatic rings. The molecule has 0 bridgehead atoms. The van der Waals surface area contributed by atoms with Gasteiger partial charge >= 0.3 is 5.97 Å². The number of unbranched alkanes of at least 4 members (excludes halogenated alkanes) is 13. The molecule has 0 aromatic rings. The van der Waals surface area contributed by atoms with Crippen molar-refractivity contribution in [1.29, 1.82) is 0 Å². The van der Waals surface area contributed by atoms with Gasteiger partial charge in [-0.25, -0.2) is 0 Å². The summed E-state index contributed by atoms with van der Waals surface area (Å²) in [7, 11) is 0. The van der Waals surface area contributed by atoms with Crippen LogP contribution in [-0.4, -0.2) is 33.5 Å². The standard InChI is InChI=1S/C22H44O4/c1-2-3-4-5-6-8-11-14-17-20(23)21(24)18-15-12-9-7-10-13-16-19-22(25)26/h20-21,23-24H,2-19H2,1H3,(H,25,26). The first kappa shape index (κ1) is 25.4. The highest BCUT2D eigenvalue weighted by atomic mass is 16.4. The molecule has 0 saturated carbocycles. The molecule has 0 rings (SSSR count). The van der Waals surface area contributed by atoms with Crippen LogP contribution in [0.2, 0.25) is 0 Å². The molecule has 4 heteroatoms. The lowest BCUT2D eigenvalue weighted by Crippen LogP contribution is -2.25. The van der Waals surface area contributed by atoms with E-state index in [0.29, 0.717) is 6.42 Å². The molecular weight excluding hydrogens is 328 g/mol. The third kappa shape index (κ3) is 18.2. The Bertz CT molecular complexity index is 307. The van der Waals surface area contributed by atoms with Gasteiger partial charge in [0, 0.05) is 6.42 Å². The summed E-state index contributed by atoms with van der Waals surface area (Å²) in [6, 6.07) is 0. The lowest BCUT2D eigenvalue weighted by molar-refractivity contribution is -0.137. The minimum absolute atomic E-state index is 0.281. The third-order valence-electron chi connectivity index (χ3n) is 5.19. The number of rotatable bonds is 20. The Labute approximate surface area is 161 Å². The SMILES string of the molecule is CCCCCCCCCCC(O)C(O)CCCCCCCCCC(=O)O. The van der Waals surface area contributed by atoms with E-state index in [9.17, 15) is 15.0 Å². The van der Waals surface area contributed by atoms with Gasteiger partial charge in [0.15, 0.2) is 0 Å². The minimum atomic E-state index is -0.704. The van der Waals surface area contributed by atoms with E-state index in [0.717, 1.165) is 64.2 Å². The van der Waals surface area contributed by atoms with E-state index in [4.69, 9.17) is 5.11 Å². The molecule has 0 heterocycles. The van der Waals surface area contributed by atoms with E-state index in [1.165, 1.54) is 38.5 Å². The zero-order valence-corrected chi connectivity index (χ0v) is 17.1. The molecule has 26 heavy (non-hydrogen) atoms. The summed E-state index contributed by atoms with van der Waals surface area (Å²) in [5.74, 6) is -0.704. The zero-order valence-electron chi connectivity index (χ0n) is 17.1. The van der Waals surface area contributed by atoms with Crippen LogP contribution in [0.1, 0.15) is 122 Å². The van der Waals surface area contributed by atoms with Gasteiger partial charge in [0.05, 0.1) is 12.2 Å². The number of hydrogen-bond donors (Lipinski definition) is 3. The van der Waals surface area contributed by atoms with Gasteiger partial charge in [-0.3, -0.25) is 4.79 Å². The smallest absolute Gasteiger partial charge is 0.303 e. The summed E-state index contributed by atoms with van der Waals surface area (Å²) in [6.45, 7) is 2.23. The summed E-state index contributed by atoms with van der Waals surface area (Å²) in [5.41, 5.74) is 0. The number of carbonyl (C=O) groups is 1. The first-order chi connectivity index (χ1) is 12.6. The lowest BCUT2D eigenvalue weighted by atomic mass is 9.99. The van der Waals surface area contributed by atoms with Crippen molar-refractivity contribution >= 4 is 5.97 Å². The van der Waals surface area contributed by atoms with Gasteiger partial charge in [0.25, 0.3) is 0 Å². The molecule has 2 unspecified atom stereocenters. The van der Waals surface area contributed by atoms with Crippen LogP contribution in [-0.2, 0) is 4.79 Å². The number of hydrogen-bond acceptors (Lipinski definition) is 3. The fraction of sp³-hybridized carbons (Fsp3) is 0.955. The Hall–Kier alpha value is -0.610. The van der Waals surface area contributed by atoms with Gasteiger partial charge in [-0.15, -0.1) is 0 Å². The molecule has 3 N–H and O–H groups in total. The van der Waals surface area contributed by atoms with Crippen molar-refractivity contribution in [3.8, 4) is 0 Å². The molecule has 4 nitrogen and oxygen atoms in total. The predicted octanol–water partition coefficient (Wildman–Crippen LogP) is 5.83. The van der Waals surface area contributed by atoms with E-state index in [-0.39, 0.29) is 6.42 Å². The van der Waals surface area contributed by atoms with Crippen molar-refractivity contribution in [3.63, 3.8) is 0 Å². The maximum atomic E-state index is 10.4. The average molecular weight is 373 g/mol. The van der Waals surface area contributed by atoms with Gasteiger partial charge in [-0.2, -0.15) is 0 Å². The number of aliphatic carboxylic acids is 1. The van der Waals surface area contributed by atoms with Crippen molar-refractivity contribution in [2.75, 3.05) is 0 Å². The summed E-state index contributed by atoms with van der Waals surface area (Å²) >= 11 is 0. The minimum Gasteiger partial charge on any atom is -0.481 e. The normalized spacial score (nSPS) is 13.7. The van der Waals surface area contributed by atoms with Crippen molar-refractivity contribution < 1.29 is 20.1 Å². The largest absolute Gasteiger partial charge is 0.481 e. The molecule has 2 atom stereocenters. The average Bonchev–Trinajstić information content (AvgIpc) is 2.61. The first-order valence-corrected chi connectivity index (χ1v) is 11.2. The Kier molecular flexibility index (Phi) is 18.7. The summed E-state index contributed by atoms with van der Waals surface area (Å²) in [6.07, 6.45) is 17.8. The van der Waals surface area contributed by atoms with Crippen LogP contribution in [0, 0.1) is 0 Å². The highest BCUT2D eigenvalue weighted by Gasteiger charge is 2.15. The number of carboxylic acids is 1. The van der Waals surface area contributed by atoms with E-state index < -0.39 is 18.2 Å². The molecule has 0 spiro atoms. The second-order valence-corrected chi connectivity index (χ2v) is 7.81. The molecule has 156 valence electrons. The highest BCUT2D eigenvalue weighted by Crippen LogP contribution is 2.16. The van der Waals surface area contributed by atoms with Crippen LogP contribution in [0.4, 0.5) is 0 Å². The van der Waals surface area contributed by atoms with Crippen molar-refractivity contribution in [2.45, 2.75) is 135 Å². The first-order valence-electron chi connectivity index (χ1n) is 11.2. The molecule has 0 saturated heterocycles. The fourth-order valence-corrected chi connectivity index (χ4v) is 3.39. The van der Waals surface area contributed by atoms with Crippen molar-refractivity contribution in [3.05, 3.63) is 0 Å². The molecule has 0 aromatic carbocycles. The van der Waals surface area contributed by atoms with Gasteiger partial charge in [-0.1, -0.05) is 96.8 Å². The van der Waals surface area contributed by atoms with Crippen molar-refractivity contribution in [1.82, 2.24) is 0 Å². The Morgan fingerprint density at radius 3 is 1.35 bits per heavy atom. The number of aliphatic hydroxyl groups excluding tert-OH is 2. The summed E-state index contributed by atoms with van der Waals surface area (Å²) < 4.78 is 0. The molecule has 0 radical (unpaired) electrons. The lowest BCUT2D eigenvalue weighted by Gasteiger charge is -2.17. The Morgan fingerprint density at radius 2 is 0.962 bits per heavy atom. The molecule has 0 aromatic heterocycles. The predicted molar refractivity (Wildman–Crippen MR) is 108 cm³/mol. The van der Waals surface area contributed by atoms with Gasteiger partial charge in [-0.05, 0) is 19.3 Å². The van der Waals surface area contributed by atoms with Gasteiger partial charge in [0.2, 0.25) is 0 Å². The number of aliphatic hydroxyl groups is 2. The number of carboxylic acid groups (broad SMARTS) is 1. The highest BCUT2D eigenvalue weighted by molar-refractivity contribution is 5.66. The third-order valence-corrected chi connectivity index (χ3v) is 5.19. The Morgan fingerprint density at radius 1 is 0.615 bits per heavy atom. The van der Waals surface area contributed by atoms with Crippen LogP contribution in [0.25, 0.3) is 0 Å². The Balaban J connectivity index is 3.34. The molecule has 0 aliphatic carbocycles. The second kappa shape index (κ2) is 19.2. The van der Waals surface area contributed by atoms with Crippen molar-refractivity contribution in [2.24, 2.45) is 0 Å². The fourth-order valence-electron chi connectivity index (χ4n) is 3.39. The van der Waals surface area contributed by atoms with Crippen LogP contribution in [0.3, 0.4) is 0 Å². The monoisotopic (exact) mass is 372 g/mol. The maximum absolute atomic E-state index is 10.4. The summed E-state index contributed by atoms with van der Waals surface area (Å²) in [4.78, 5) is 10.4. The van der Waals surface area contributed by atoms with E-state index >= 15 is 0 Å². The van der Waals surface area contributed by atoms with E-state index in [1.54, 1.807) is 0 Å². The molecular formula is C22H44O4.